The number of carbonyl (C=O) groups excluding carboxylic acids is 1. The van der Waals surface area contributed by atoms with Gasteiger partial charge in [0, 0.05) is 30.9 Å². The SMILES string of the molecule is COc1ccc(/C=C/C(=O)NCCCn2cc(Cl)c(C)n2)cc1COc1cccc(C)c1. The molecule has 3 rings (SSSR count). The molecule has 0 bridgehead atoms. The largest absolute Gasteiger partial charge is 0.496 e. The molecule has 1 N–H and O–H groups in total. The van der Waals surface area contributed by atoms with E-state index in [1.54, 1.807) is 24.1 Å². The molecule has 0 saturated carbocycles. The number of carbonyl (C=O) groups is 1. The van der Waals surface area contributed by atoms with Crippen molar-refractivity contribution in [2.75, 3.05) is 13.7 Å². The van der Waals surface area contributed by atoms with Gasteiger partial charge in [-0.25, -0.2) is 0 Å². The second-order valence-corrected chi connectivity index (χ2v) is 7.89. The van der Waals surface area contributed by atoms with Crippen LogP contribution in [0.25, 0.3) is 6.08 Å². The number of nitrogens with zero attached hydrogens (tertiary/aromatic N) is 2. The second-order valence-electron chi connectivity index (χ2n) is 7.48. The van der Waals surface area contributed by atoms with E-state index in [2.05, 4.69) is 10.4 Å². The monoisotopic (exact) mass is 453 g/mol. The average molecular weight is 454 g/mol. The Kier molecular flexibility index (Phi) is 8.34. The van der Waals surface area contributed by atoms with Crippen LogP contribution in [0.1, 0.15) is 28.8 Å². The smallest absolute Gasteiger partial charge is 0.244 e. The molecule has 2 aromatic carbocycles. The maximum absolute atomic E-state index is 12.1. The van der Waals surface area contributed by atoms with Gasteiger partial charge in [0.2, 0.25) is 5.91 Å². The molecule has 168 valence electrons. The number of hydrogen-bond donors (Lipinski definition) is 1. The highest BCUT2D eigenvalue weighted by atomic mass is 35.5. The highest BCUT2D eigenvalue weighted by Gasteiger charge is 2.06. The van der Waals surface area contributed by atoms with E-state index in [9.17, 15) is 4.79 Å². The summed E-state index contributed by atoms with van der Waals surface area (Å²) in [6.45, 7) is 5.51. The third-order valence-electron chi connectivity index (χ3n) is 4.87. The molecule has 0 aliphatic rings. The molecule has 6 nitrogen and oxygen atoms in total. The van der Waals surface area contributed by atoms with Gasteiger partial charge < -0.3 is 14.8 Å². The number of methoxy groups -OCH3 is 1. The molecular formula is C25H28ClN3O3. The number of hydrogen-bond acceptors (Lipinski definition) is 4. The van der Waals surface area contributed by atoms with Gasteiger partial charge in [-0.05, 0) is 61.7 Å². The quantitative estimate of drug-likeness (QED) is 0.348. The molecule has 32 heavy (non-hydrogen) atoms. The van der Waals surface area contributed by atoms with Gasteiger partial charge in [-0.15, -0.1) is 0 Å². The molecule has 0 spiro atoms. The Hall–Kier alpha value is -3.25. The number of nitrogens with one attached hydrogen (secondary N) is 1. The van der Waals surface area contributed by atoms with Crippen LogP contribution in [0, 0.1) is 13.8 Å². The Balaban J connectivity index is 1.51. The summed E-state index contributed by atoms with van der Waals surface area (Å²) in [6.07, 6.45) is 5.87. The summed E-state index contributed by atoms with van der Waals surface area (Å²) in [5.74, 6) is 1.40. The fraction of sp³-hybridized carbons (Fsp3) is 0.280. The maximum atomic E-state index is 12.1. The summed E-state index contributed by atoms with van der Waals surface area (Å²) in [4.78, 5) is 12.1. The molecule has 0 radical (unpaired) electrons. The predicted octanol–water partition coefficient (Wildman–Crippen LogP) is 4.96. The van der Waals surface area contributed by atoms with Crippen molar-refractivity contribution in [3.05, 3.63) is 82.1 Å². The molecule has 1 heterocycles. The van der Waals surface area contributed by atoms with E-state index >= 15 is 0 Å². The molecular weight excluding hydrogens is 426 g/mol. The highest BCUT2D eigenvalue weighted by molar-refractivity contribution is 6.31. The zero-order chi connectivity index (χ0) is 22.9. The van der Waals surface area contributed by atoms with Crippen LogP contribution >= 0.6 is 11.6 Å². The fourth-order valence-electron chi connectivity index (χ4n) is 3.17. The van der Waals surface area contributed by atoms with Crippen molar-refractivity contribution < 1.29 is 14.3 Å². The lowest BCUT2D eigenvalue weighted by Crippen LogP contribution is -2.23. The first-order valence-corrected chi connectivity index (χ1v) is 10.8. The first-order valence-electron chi connectivity index (χ1n) is 10.5. The van der Waals surface area contributed by atoms with Gasteiger partial charge in [0.1, 0.15) is 18.1 Å². The lowest BCUT2D eigenvalue weighted by Gasteiger charge is -2.11. The van der Waals surface area contributed by atoms with E-state index in [1.165, 1.54) is 6.08 Å². The summed E-state index contributed by atoms with van der Waals surface area (Å²) in [6, 6.07) is 13.6. The molecule has 0 unspecified atom stereocenters. The van der Waals surface area contributed by atoms with E-state index in [4.69, 9.17) is 21.1 Å². The Bertz CT molecular complexity index is 1070. The molecule has 3 aromatic rings. The standard InChI is InChI=1S/C25H28ClN3O3/c1-18-6-4-7-22(14-18)32-17-21-15-20(8-10-24(21)31-3)9-11-25(30)27-12-5-13-29-16-23(26)19(2)28-29/h4,6-11,14-16H,5,12-13,17H2,1-3H3,(H,27,30)/b11-9+. The van der Waals surface area contributed by atoms with Crippen LogP contribution in [-0.2, 0) is 17.9 Å². The molecule has 0 atom stereocenters. The van der Waals surface area contributed by atoms with Crippen LogP contribution < -0.4 is 14.8 Å². The summed E-state index contributed by atoms with van der Waals surface area (Å²) < 4.78 is 13.1. The minimum atomic E-state index is -0.145. The number of benzene rings is 2. The third-order valence-corrected chi connectivity index (χ3v) is 5.24. The number of amides is 1. The van der Waals surface area contributed by atoms with Crippen LogP contribution in [-0.4, -0.2) is 29.3 Å². The van der Waals surface area contributed by atoms with Crippen LogP contribution in [0.15, 0.2) is 54.7 Å². The normalized spacial score (nSPS) is 11.0. The van der Waals surface area contributed by atoms with Crippen LogP contribution in [0.5, 0.6) is 11.5 Å². The number of ether oxygens (including phenoxy) is 2. The topological polar surface area (TPSA) is 65.4 Å². The van der Waals surface area contributed by atoms with Crippen LogP contribution in [0.3, 0.4) is 0 Å². The van der Waals surface area contributed by atoms with Crippen molar-refractivity contribution in [1.82, 2.24) is 15.1 Å². The molecule has 1 amide bonds. The summed E-state index contributed by atoms with van der Waals surface area (Å²) in [7, 11) is 1.63. The minimum absolute atomic E-state index is 0.145. The van der Waals surface area contributed by atoms with Gasteiger partial charge in [0.25, 0.3) is 0 Å². The van der Waals surface area contributed by atoms with Crippen molar-refractivity contribution >= 4 is 23.6 Å². The van der Waals surface area contributed by atoms with Crippen LogP contribution in [0.2, 0.25) is 5.02 Å². The fourth-order valence-corrected chi connectivity index (χ4v) is 3.32. The summed E-state index contributed by atoms with van der Waals surface area (Å²) >= 11 is 6.00. The Labute approximate surface area is 193 Å². The summed E-state index contributed by atoms with van der Waals surface area (Å²) in [5, 5.41) is 7.84. The zero-order valence-corrected chi connectivity index (χ0v) is 19.4. The summed E-state index contributed by atoms with van der Waals surface area (Å²) in [5.41, 5.74) is 3.75. The van der Waals surface area contributed by atoms with E-state index < -0.39 is 0 Å². The van der Waals surface area contributed by atoms with Gasteiger partial charge in [-0.3, -0.25) is 9.48 Å². The average Bonchev–Trinajstić information content (AvgIpc) is 3.11. The van der Waals surface area contributed by atoms with Crippen molar-refractivity contribution in [3.8, 4) is 11.5 Å². The van der Waals surface area contributed by atoms with Crippen molar-refractivity contribution in [2.24, 2.45) is 0 Å². The lowest BCUT2D eigenvalue weighted by molar-refractivity contribution is -0.116. The number of aryl methyl sites for hydroxylation is 3. The zero-order valence-electron chi connectivity index (χ0n) is 18.6. The molecule has 7 heteroatoms. The first kappa shape index (κ1) is 23.4. The lowest BCUT2D eigenvalue weighted by atomic mass is 10.1. The highest BCUT2D eigenvalue weighted by Crippen LogP contribution is 2.23. The van der Waals surface area contributed by atoms with Crippen molar-refractivity contribution in [3.63, 3.8) is 0 Å². The van der Waals surface area contributed by atoms with E-state index in [0.29, 0.717) is 24.7 Å². The van der Waals surface area contributed by atoms with Gasteiger partial charge in [-0.2, -0.15) is 5.10 Å². The Morgan fingerprint density at radius 1 is 1.22 bits per heavy atom. The first-order chi connectivity index (χ1) is 15.4. The van der Waals surface area contributed by atoms with Crippen molar-refractivity contribution in [1.29, 1.82) is 0 Å². The second kappa shape index (κ2) is 11.4. The van der Waals surface area contributed by atoms with Gasteiger partial charge in [-0.1, -0.05) is 29.8 Å². The third kappa shape index (κ3) is 6.89. The van der Waals surface area contributed by atoms with E-state index in [-0.39, 0.29) is 5.91 Å². The van der Waals surface area contributed by atoms with E-state index in [0.717, 1.165) is 40.3 Å². The molecule has 0 fully saturated rings. The number of halogens is 1. The molecule has 0 saturated heterocycles. The Morgan fingerprint density at radius 3 is 2.78 bits per heavy atom. The van der Waals surface area contributed by atoms with Crippen molar-refractivity contribution in [2.45, 2.75) is 33.4 Å². The maximum Gasteiger partial charge on any atom is 0.244 e. The molecule has 0 aliphatic heterocycles. The minimum Gasteiger partial charge on any atom is -0.496 e. The van der Waals surface area contributed by atoms with Gasteiger partial charge in [0.05, 0.1) is 17.8 Å². The van der Waals surface area contributed by atoms with Crippen LogP contribution in [0.4, 0.5) is 0 Å². The van der Waals surface area contributed by atoms with E-state index in [1.807, 2.05) is 56.3 Å². The molecule has 0 aliphatic carbocycles. The molecule has 1 aromatic heterocycles. The van der Waals surface area contributed by atoms with Gasteiger partial charge in [0.15, 0.2) is 0 Å². The number of aromatic nitrogens is 2. The number of rotatable bonds is 10. The van der Waals surface area contributed by atoms with Gasteiger partial charge >= 0.3 is 0 Å². The Morgan fingerprint density at radius 2 is 2.06 bits per heavy atom. The predicted molar refractivity (Wildman–Crippen MR) is 127 cm³/mol.